The summed E-state index contributed by atoms with van der Waals surface area (Å²) in [4.78, 5) is 12.2. The molecule has 0 spiro atoms. The average molecular weight is 283 g/mol. The molecule has 0 aromatic heterocycles. The number of nitrogens with two attached hydrogens (primary N) is 1. The van der Waals surface area contributed by atoms with Crippen molar-refractivity contribution in [3.63, 3.8) is 0 Å². The summed E-state index contributed by atoms with van der Waals surface area (Å²) >= 11 is 5.95. The van der Waals surface area contributed by atoms with Crippen LogP contribution in [0.4, 0.5) is 0 Å². The smallest absolute Gasteiger partial charge is 0.224 e. The van der Waals surface area contributed by atoms with Crippen LogP contribution in [0.25, 0.3) is 0 Å². The van der Waals surface area contributed by atoms with Crippen LogP contribution in [-0.2, 0) is 4.79 Å². The summed E-state index contributed by atoms with van der Waals surface area (Å²) in [7, 11) is 0. The molecule has 1 rings (SSSR count). The van der Waals surface area contributed by atoms with E-state index in [4.69, 9.17) is 17.3 Å². The molecule has 0 radical (unpaired) electrons. The molecule has 106 valence electrons. The third-order valence-corrected chi connectivity index (χ3v) is 3.35. The lowest BCUT2D eigenvalue weighted by Gasteiger charge is -2.20. The molecule has 1 aromatic rings. The third-order valence-electron chi connectivity index (χ3n) is 3.12. The molecule has 3 N–H and O–H groups in total. The van der Waals surface area contributed by atoms with E-state index in [2.05, 4.69) is 19.2 Å². The Morgan fingerprint density at radius 2 is 2.05 bits per heavy atom. The second-order valence-electron chi connectivity index (χ2n) is 5.35. The standard InChI is InChI=1S/C15H23ClN2O/c1-10(2)7-13(9-17)15(19)18-11(3)12-5-4-6-14(16)8-12/h4-6,8,10-11,13H,7,9,17H2,1-3H3,(H,18,19). The summed E-state index contributed by atoms with van der Waals surface area (Å²) < 4.78 is 0. The summed E-state index contributed by atoms with van der Waals surface area (Å²) in [5.41, 5.74) is 6.68. The van der Waals surface area contributed by atoms with Crippen LogP contribution in [0.5, 0.6) is 0 Å². The summed E-state index contributed by atoms with van der Waals surface area (Å²) in [6, 6.07) is 7.46. The van der Waals surface area contributed by atoms with E-state index in [1.807, 2.05) is 31.2 Å². The molecule has 0 aliphatic rings. The van der Waals surface area contributed by atoms with Gasteiger partial charge in [-0.1, -0.05) is 37.6 Å². The number of carbonyl (C=O) groups excluding carboxylic acids is 1. The normalized spacial score (nSPS) is 14.2. The lowest BCUT2D eigenvalue weighted by Crippen LogP contribution is -2.37. The minimum Gasteiger partial charge on any atom is -0.349 e. The average Bonchev–Trinajstić information content (AvgIpc) is 2.35. The van der Waals surface area contributed by atoms with Gasteiger partial charge in [0.15, 0.2) is 0 Å². The molecule has 0 saturated carbocycles. The van der Waals surface area contributed by atoms with Crippen molar-refractivity contribution in [2.75, 3.05) is 6.54 Å². The van der Waals surface area contributed by atoms with Gasteiger partial charge in [0.25, 0.3) is 0 Å². The van der Waals surface area contributed by atoms with Crippen LogP contribution in [0.1, 0.15) is 38.8 Å². The van der Waals surface area contributed by atoms with Crippen molar-refractivity contribution < 1.29 is 4.79 Å². The highest BCUT2D eigenvalue weighted by Gasteiger charge is 2.20. The number of rotatable bonds is 6. The fourth-order valence-electron chi connectivity index (χ4n) is 2.07. The molecule has 19 heavy (non-hydrogen) atoms. The lowest BCUT2D eigenvalue weighted by atomic mass is 9.96. The van der Waals surface area contributed by atoms with Gasteiger partial charge < -0.3 is 11.1 Å². The number of nitrogens with one attached hydrogen (secondary N) is 1. The van der Waals surface area contributed by atoms with Gasteiger partial charge in [-0.15, -0.1) is 0 Å². The molecule has 2 unspecified atom stereocenters. The largest absolute Gasteiger partial charge is 0.349 e. The molecule has 3 nitrogen and oxygen atoms in total. The maximum absolute atomic E-state index is 12.2. The van der Waals surface area contributed by atoms with Crippen LogP contribution >= 0.6 is 11.6 Å². The Kier molecular flexibility index (Phi) is 6.32. The van der Waals surface area contributed by atoms with E-state index in [9.17, 15) is 4.79 Å². The Balaban J connectivity index is 2.65. The molecule has 0 saturated heterocycles. The number of halogens is 1. The predicted octanol–water partition coefficient (Wildman–Crippen LogP) is 3.14. The summed E-state index contributed by atoms with van der Waals surface area (Å²) in [6.45, 7) is 6.52. The summed E-state index contributed by atoms with van der Waals surface area (Å²) in [5, 5.41) is 3.68. The molecule has 1 amide bonds. The second-order valence-corrected chi connectivity index (χ2v) is 5.78. The number of amides is 1. The van der Waals surface area contributed by atoms with Gasteiger partial charge >= 0.3 is 0 Å². The van der Waals surface area contributed by atoms with Gasteiger partial charge in [0.2, 0.25) is 5.91 Å². The summed E-state index contributed by atoms with van der Waals surface area (Å²) in [6.07, 6.45) is 0.810. The number of hydrogen-bond acceptors (Lipinski definition) is 2. The first-order chi connectivity index (χ1) is 8.93. The van der Waals surface area contributed by atoms with Crippen LogP contribution in [0, 0.1) is 11.8 Å². The lowest BCUT2D eigenvalue weighted by molar-refractivity contribution is -0.125. The highest BCUT2D eigenvalue weighted by Crippen LogP contribution is 2.18. The van der Waals surface area contributed by atoms with Gasteiger partial charge in [0.05, 0.1) is 12.0 Å². The van der Waals surface area contributed by atoms with Crippen molar-refractivity contribution in [2.45, 2.75) is 33.2 Å². The van der Waals surface area contributed by atoms with Crippen LogP contribution in [-0.4, -0.2) is 12.5 Å². The Hall–Kier alpha value is -1.06. The highest BCUT2D eigenvalue weighted by molar-refractivity contribution is 6.30. The topological polar surface area (TPSA) is 55.1 Å². The molecular weight excluding hydrogens is 260 g/mol. The molecule has 0 bridgehead atoms. The maximum Gasteiger partial charge on any atom is 0.224 e. The number of hydrogen-bond donors (Lipinski definition) is 2. The Morgan fingerprint density at radius 1 is 1.37 bits per heavy atom. The van der Waals surface area contributed by atoms with Crippen molar-refractivity contribution in [2.24, 2.45) is 17.6 Å². The quantitative estimate of drug-likeness (QED) is 0.842. The zero-order valence-corrected chi connectivity index (χ0v) is 12.6. The van der Waals surface area contributed by atoms with Crippen LogP contribution in [0.15, 0.2) is 24.3 Å². The van der Waals surface area contributed by atoms with Crippen molar-refractivity contribution in [3.05, 3.63) is 34.9 Å². The van der Waals surface area contributed by atoms with E-state index >= 15 is 0 Å². The van der Waals surface area contributed by atoms with Crippen molar-refractivity contribution in [3.8, 4) is 0 Å². The third kappa shape index (κ3) is 5.21. The van der Waals surface area contributed by atoms with E-state index in [-0.39, 0.29) is 17.9 Å². The van der Waals surface area contributed by atoms with Crippen LogP contribution < -0.4 is 11.1 Å². The van der Waals surface area contributed by atoms with Crippen LogP contribution in [0.3, 0.4) is 0 Å². The van der Waals surface area contributed by atoms with E-state index in [1.54, 1.807) is 0 Å². The molecule has 0 fully saturated rings. The fraction of sp³-hybridized carbons (Fsp3) is 0.533. The minimum atomic E-state index is -0.123. The van der Waals surface area contributed by atoms with Gasteiger partial charge in [-0.25, -0.2) is 0 Å². The first-order valence-corrected chi connectivity index (χ1v) is 7.07. The molecule has 1 aromatic carbocycles. The zero-order chi connectivity index (χ0) is 14.4. The van der Waals surface area contributed by atoms with Crippen molar-refractivity contribution >= 4 is 17.5 Å². The van der Waals surface area contributed by atoms with E-state index in [0.717, 1.165) is 12.0 Å². The molecule has 0 heterocycles. The predicted molar refractivity (Wildman–Crippen MR) is 80.0 cm³/mol. The zero-order valence-electron chi connectivity index (χ0n) is 11.8. The van der Waals surface area contributed by atoms with Gasteiger partial charge in [0, 0.05) is 11.6 Å². The molecular formula is C15H23ClN2O. The monoisotopic (exact) mass is 282 g/mol. The first-order valence-electron chi connectivity index (χ1n) is 6.70. The minimum absolute atomic E-state index is 0.0173. The molecule has 4 heteroatoms. The Morgan fingerprint density at radius 3 is 2.58 bits per heavy atom. The molecule has 2 atom stereocenters. The highest BCUT2D eigenvalue weighted by atomic mass is 35.5. The van der Waals surface area contributed by atoms with E-state index < -0.39 is 0 Å². The number of benzene rings is 1. The maximum atomic E-state index is 12.2. The van der Waals surface area contributed by atoms with Crippen molar-refractivity contribution in [1.82, 2.24) is 5.32 Å². The SMILES string of the molecule is CC(C)CC(CN)C(=O)NC(C)c1cccc(Cl)c1. The molecule has 0 aliphatic carbocycles. The number of carbonyl (C=O) groups is 1. The summed E-state index contributed by atoms with van der Waals surface area (Å²) in [5.74, 6) is 0.353. The Bertz CT molecular complexity index is 420. The Labute approximate surface area is 120 Å². The van der Waals surface area contributed by atoms with Crippen LogP contribution in [0.2, 0.25) is 5.02 Å². The van der Waals surface area contributed by atoms with E-state index in [0.29, 0.717) is 17.5 Å². The van der Waals surface area contributed by atoms with Gasteiger partial charge in [-0.05, 0) is 37.0 Å². The van der Waals surface area contributed by atoms with Gasteiger partial charge in [0.1, 0.15) is 0 Å². The van der Waals surface area contributed by atoms with Gasteiger partial charge in [-0.3, -0.25) is 4.79 Å². The van der Waals surface area contributed by atoms with Gasteiger partial charge in [-0.2, -0.15) is 0 Å². The second kappa shape index (κ2) is 7.51. The fourth-order valence-corrected chi connectivity index (χ4v) is 2.27. The molecule has 0 aliphatic heterocycles. The van der Waals surface area contributed by atoms with E-state index in [1.165, 1.54) is 0 Å². The first kappa shape index (κ1) is 16.0. The van der Waals surface area contributed by atoms with Crippen molar-refractivity contribution in [1.29, 1.82) is 0 Å².